The lowest BCUT2D eigenvalue weighted by Crippen LogP contribution is -2.43. The van der Waals surface area contributed by atoms with Crippen molar-refractivity contribution in [3.63, 3.8) is 0 Å². The van der Waals surface area contributed by atoms with Crippen LogP contribution in [0.5, 0.6) is 0 Å². The molecule has 0 spiro atoms. The second-order valence-electron chi connectivity index (χ2n) is 4.67. The molecule has 0 aliphatic carbocycles. The highest BCUT2D eigenvalue weighted by atomic mass is 16.5. The Bertz CT molecular complexity index is 246. The van der Waals surface area contributed by atoms with Crippen LogP contribution in [0.15, 0.2) is 0 Å². The number of nitrogens with two attached hydrogens (primary N) is 1. The zero-order valence-electron chi connectivity index (χ0n) is 11.6. The number of piperidine rings is 1. The maximum atomic E-state index is 11.4. The van der Waals surface area contributed by atoms with Gasteiger partial charge in [-0.3, -0.25) is 4.79 Å². The summed E-state index contributed by atoms with van der Waals surface area (Å²) in [4.78, 5) is 13.7. The van der Waals surface area contributed by atoms with E-state index in [0.29, 0.717) is 19.1 Å². The number of hydrogen-bond donors (Lipinski definition) is 1. The van der Waals surface area contributed by atoms with Crippen molar-refractivity contribution in [3.8, 4) is 0 Å². The van der Waals surface area contributed by atoms with Gasteiger partial charge in [-0.15, -0.1) is 0 Å². The largest absolute Gasteiger partial charge is 0.465 e. The molecule has 0 saturated carbocycles. The van der Waals surface area contributed by atoms with Crippen LogP contribution in [0.3, 0.4) is 0 Å². The molecule has 5 nitrogen and oxygen atoms in total. The van der Waals surface area contributed by atoms with E-state index in [-0.39, 0.29) is 5.97 Å². The number of carbonyl (C=O) groups is 1. The third-order valence-corrected chi connectivity index (χ3v) is 3.21. The first-order chi connectivity index (χ1) is 8.67. The second kappa shape index (κ2) is 8.45. The van der Waals surface area contributed by atoms with Gasteiger partial charge >= 0.3 is 5.97 Å². The van der Waals surface area contributed by atoms with Crippen molar-refractivity contribution in [2.45, 2.75) is 45.3 Å². The lowest BCUT2D eigenvalue weighted by atomic mass is 10.1. The topological polar surface area (TPSA) is 64.8 Å². The van der Waals surface area contributed by atoms with Gasteiger partial charge in [0.25, 0.3) is 0 Å². The van der Waals surface area contributed by atoms with Crippen LogP contribution in [0.2, 0.25) is 0 Å². The third kappa shape index (κ3) is 5.33. The Morgan fingerprint density at radius 2 is 2.22 bits per heavy atom. The Labute approximate surface area is 110 Å². The van der Waals surface area contributed by atoms with Crippen LogP contribution in [-0.4, -0.2) is 55.9 Å². The molecule has 2 unspecified atom stereocenters. The lowest BCUT2D eigenvalue weighted by Gasteiger charge is -2.32. The Balaban J connectivity index is 2.23. The van der Waals surface area contributed by atoms with Crippen LogP contribution in [-0.2, 0) is 14.3 Å². The highest BCUT2D eigenvalue weighted by Gasteiger charge is 2.22. The molecule has 1 rings (SSSR count). The predicted molar refractivity (Wildman–Crippen MR) is 70.3 cm³/mol. The molecule has 5 heteroatoms. The van der Waals surface area contributed by atoms with E-state index in [1.54, 1.807) is 6.92 Å². The number of hydrogen-bond acceptors (Lipinski definition) is 5. The van der Waals surface area contributed by atoms with Crippen molar-refractivity contribution in [3.05, 3.63) is 0 Å². The second-order valence-corrected chi connectivity index (χ2v) is 4.67. The minimum absolute atomic E-state index is 0.295. The Morgan fingerprint density at radius 1 is 1.44 bits per heavy atom. The van der Waals surface area contributed by atoms with E-state index in [2.05, 4.69) is 4.90 Å². The average Bonchev–Trinajstić information content (AvgIpc) is 2.37. The Morgan fingerprint density at radius 3 is 2.89 bits per heavy atom. The highest BCUT2D eigenvalue weighted by Crippen LogP contribution is 2.13. The molecular weight excluding hydrogens is 232 g/mol. The molecule has 0 amide bonds. The molecule has 1 aliphatic heterocycles. The molecule has 2 N–H and O–H groups in total. The number of carbonyl (C=O) groups excluding carboxylic acids is 1. The number of nitrogens with zero attached hydrogens (tertiary/aromatic N) is 1. The van der Waals surface area contributed by atoms with Gasteiger partial charge in [0.2, 0.25) is 0 Å². The maximum Gasteiger partial charge on any atom is 0.322 e. The van der Waals surface area contributed by atoms with Gasteiger partial charge in [0.1, 0.15) is 6.04 Å². The van der Waals surface area contributed by atoms with E-state index < -0.39 is 6.04 Å². The van der Waals surface area contributed by atoms with Crippen molar-refractivity contribution in [1.29, 1.82) is 0 Å². The molecule has 2 atom stereocenters. The monoisotopic (exact) mass is 258 g/mol. The van der Waals surface area contributed by atoms with Crippen LogP contribution in [0.25, 0.3) is 0 Å². The van der Waals surface area contributed by atoms with Gasteiger partial charge < -0.3 is 20.1 Å². The summed E-state index contributed by atoms with van der Waals surface area (Å²) in [6.45, 7) is 7.83. The smallest absolute Gasteiger partial charge is 0.322 e. The normalized spacial score (nSPS) is 22.7. The molecule has 0 aromatic carbocycles. The first kappa shape index (κ1) is 15.4. The molecule has 1 fully saturated rings. The molecule has 0 aromatic rings. The molecule has 1 heterocycles. The molecule has 1 aliphatic rings. The summed E-state index contributed by atoms with van der Waals surface area (Å²) in [5.41, 5.74) is 5.78. The fraction of sp³-hybridized carbons (Fsp3) is 0.923. The SMILES string of the molecule is CCOC(=O)C(N)CCN1CCCC(OCC)C1. The fourth-order valence-corrected chi connectivity index (χ4v) is 2.28. The van der Waals surface area contributed by atoms with Crippen molar-refractivity contribution in [2.75, 3.05) is 32.8 Å². The molecule has 0 radical (unpaired) electrons. The summed E-state index contributed by atoms with van der Waals surface area (Å²) in [6, 6.07) is -0.502. The zero-order chi connectivity index (χ0) is 13.4. The van der Waals surface area contributed by atoms with E-state index in [1.165, 1.54) is 0 Å². The fourth-order valence-electron chi connectivity index (χ4n) is 2.28. The summed E-state index contributed by atoms with van der Waals surface area (Å²) in [5, 5.41) is 0. The standard InChI is InChI=1S/C13H26N2O3/c1-3-17-11-6-5-8-15(10-11)9-7-12(14)13(16)18-4-2/h11-12H,3-10,14H2,1-2H3. The minimum atomic E-state index is -0.502. The summed E-state index contributed by atoms with van der Waals surface area (Å²) in [7, 11) is 0. The van der Waals surface area contributed by atoms with Gasteiger partial charge in [-0.05, 0) is 39.7 Å². The predicted octanol–water partition coefficient (Wildman–Crippen LogP) is 0.768. The van der Waals surface area contributed by atoms with Gasteiger partial charge in [-0.2, -0.15) is 0 Å². The van der Waals surface area contributed by atoms with Gasteiger partial charge in [-0.25, -0.2) is 0 Å². The molecule has 0 bridgehead atoms. The van der Waals surface area contributed by atoms with Crippen molar-refractivity contribution >= 4 is 5.97 Å². The molecule has 106 valence electrons. The first-order valence-corrected chi connectivity index (χ1v) is 6.93. The third-order valence-electron chi connectivity index (χ3n) is 3.21. The summed E-state index contributed by atoms with van der Waals surface area (Å²) in [5.74, 6) is -0.295. The first-order valence-electron chi connectivity index (χ1n) is 6.93. The van der Waals surface area contributed by atoms with Gasteiger partial charge in [0.15, 0.2) is 0 Å². The Kier molecular flexibility index (Phi) is 7.23. The molecule has 18 heavy (non-hydrogen) atoms. The van der Waals surface area contributed by atoms with E-state index in [9.17, 15) is 4.79 Å². The summed E-state index contributed by atoms with van der Waals surface area (Å²) in [6.07, 6.45) is 3.27. The van der Waals surface area contributed by atoms with Crippen LogP contribution < -0.4 is 5.73 Å². The molecular formula is C13H26N2O3. The lowest BCUT2D eigenvalue weighted by molar-refractivity contribution is -0.144. The van der Waals surface area contributed by atoms with E-state index in [0.717, 1.165) is 39.1 Å². The zero-order valence-corrected chi connectivity index (χ0v) is 11.6. The summed E-state index contributed by atoms with van der Waals surface area (Å²) < 4.78 is 10.5. The van der Waals surface area contributed by atoms with Crippen molar-refractivity contribution < 1.29 is 14.3 Å². The number of likely N-dealkylation sites (tertiary alicyclic amines) is 1. The highest BCUT2D eigenvalue weighted by molar-refractivity contribution is 5.75. The number of esters is 1. The van der Waals surface area contributed by atoms with E-state index in [4.69, 9.17) is 15.2 Å². The van der Waals surface area contributed by atoms with E-state index in [1.807, 2.05) is 6.92 Å². The Hall–Kier alpha value is -0.650. The van der Waals surface area contributed by atoms with Gasteiger partial charge in [0, 0.05) is 19.7 Å². The maximum absolute atomic E-state index is 11.4. The minimum Gasteiger partial charge on any atom is -0.465 e. The van der Waals surface area contributed by atoms with Crippen LogP contribution in [0, 0.1) is 0 Å². The van der Waals surface area contributed by atoms with E-state index >= 15 is 0 Å². The molecule has 1 saturated heterocycles. The van der Waals surface area contributed by atoms with Crippen LogP contribution in [0.1, 0.15) is 33.1 Å². The quantitative estimate of drug-likeness (QED) is 0.683. The number of ether oxygens (including phenoxy) is 2. The number of rotatable bonds is 7. The van der Waals surface area contributed by atoms with Gasteiger partial charge in [-0.1, -0.05) is 0 Å². The van der Waals surface area contributed by atoms with Crippen LogP contribution >= 0.6 is 0 Å². The van der Waals surface area contributed by atoms with Crippen LogP contribution in [0.4, 0.5) is 0 Å². The van der Waals surface area contributed by atoms with Crippen molar-refractivity contribution in [1.82, 2.24) is 4.90 Å². The molecule has 0 aromatic heterocycles. The van der Waals surface area contributed by atoms with Gasteiger partial charge in [0.05, 0.1) is 12.7 Å². The summed E-state index contributed by atoms with van der Waals surface area (Å²) >= 11 is 0. The average molecular weight is 258 g/mol. The van der Waals surface area contributed by atoms with Crippen molar-refractivity contribution in [2.24, 2.45) is 5.73 Å².